The normalized spacial score (nSPS) is 19.4. The molecular weight excluding hydrogens is 322 g/mol. The van der Waals surface area contributed by atoms with Crippen LogP contribution in [0.4, 0.5) is 4.79 Å². The SMILES string of the molecule is CC(C)[C@H](NC(=O)N(C)CC1CSC(C(C)(C)OO)=N1)C(=O)O. The van der Waals surface area contributed by atoms with Gasteiger partial charge >= 0.3 is 12.0 Å². The molecule has 1 rings (SSSR count). The van der Waals surface area contributed by atoms with Gasteiger partial charge in [0.15, 0.2) is 0 Å². The van der Waals surface area contributed by atoms with Gasteiger partial charge in [-0.2, -0.15) is 0 Å². The number of nitrogens with one attached hydrogen (secondary N) is 1. The van der Waals surface area contributed by atoms with E-state index in [-0.39, 0.29) is 12.0 Å². The second kappa shape index (κ2) is 7.98. The number of amides is 2. The third kappa shape index (κ3) is 5.36. The fourth-order valence-corrected chi connectivity index (χ4v) is 3.17. The Hall–Kier alpha value is -1.32. The van der Waals surface area contributed by atoms with Crippen molar-refractivity contribution in [3.63, 3.8) is 0 Å². The third-order valence-corrected chi connectivity index (χ3v) is 4.92. The van der Waals surface area contributed by atoms with E-state index in [1.165, 1.54) is 16.7 Å². The van der Waals surface area contributed by atoms with E-state index >= 15 is 0 Å². The minimum atomic E-state index is -1.06. The first-order valence-corrected chi connectivity index (χ1v) is 8.35. The van der Waals surface area contributed by atoms with Gasteiger partial charge in [0.25, 0.3) is 0 Å². The molecule has 0 bridgehead atoms. The van der Waals surface area contributed by atoms with Gasteiger partial charge < -0.3 is 15.3 Å². The van der Waals surface area contributed by atoms with E-state index in [2.05, 4.69) is 15.2 Å². The number of hydrogen-bond acceptors (Lipinski definition) is 6. The van der Waals surface area contributed by atoms with E-state index in [1.54, 1.807) is 34.7 Å². The fourth-order valence-electron chi connectivity index (χ4n) is 2.03. The van der Waals surface area contributed by atoms with Gasteiger partial charge in [-0.25, -0.2) is 14.5 Å². The molecule has 0 aromatic carbocycles. The summed E-state index contributed by atoms with van der Waals surface area (Å²) in [4.78, 5) is 33.5. The smallest absolute Gasteiger partial charge is 0.326 e. The second-order valence-corrected chi connectivity index (χ2v) is 7.40. The summed E-state index contributed by atoms with van der Waals surface area (Å²) in [6.07, 6.45) is 0. The second-order valence-electron chi connectivity index (χ2n) is 6.39. The van der Waals surface area contributed by atoms with Crippen molar-refractivity contribution in [1.82, 2.24) is 10.2 Å². The minimum absolute atomic E-state index is 0.123. The van der Waals surface area contributed by atoms with Crippen LogP contribution in [-0.2, 0) is 9.68 Å². The molecule has 132 valence electrons. The van der Waals surface area contributed by atoms with Crippen molar-refractivity contribution in [2.45, 2.75) is 45.4 Å². The van der Waals surface area contributed by atoms with E-state index < -0.39 is 23.6 Å². The maximum Gasteiger partial charge on any atom is 0.326 e. The maximum atomic E-state index is 12.1. The predicted octanol–water partition coefficient (Wildman–Crippen LogP) is 1.52. The summed E-state index contributed by atoms with van der Waals surface area (Å²) in [5.74, 6) is -0.592. The predicted molar refractivity (Wildman–Crippen MR) is 88.9 cm³/mol. The lowest BCUT2D eigenvalue weighted by Gasteiger charge is -2.24. The lowest BCUT2D eigenvalue weighted by atomic mass is 10.1. The zero-order valence-electron chi connectivity index (χ0n) is 14.1. The Bertz CT molecular complexity index is 481. The van der Waals surface area contributed by atoms with E-state index in [4.69, 9.17) is 10.4 Å². The molecule has 2 atom stereocenters. The van der Waals surface area contributed by atoms with Gasteiger partial charge in [0.1, 0.15) is 16.7 Å². The van der Waals surface area contributed by atoms with E-state index in [0.717, 1.165) is 0 Å². The number of carboxylic acid groups (broad SMARTS) is 1. The fraction of sp³-hybridized carbons (Fsp3) is 0.786. The molecule has 0 fully saturated rings. The molecule has 0 saturated heterocycles. The molecule has 9 heteroatoms. The number of hydrogen-bond donors (Lipinski definition) is 3. The van der Waals surface area contributed by atoms with Crippen LogP contribution < -0.4 is 5.32 Å². The number of nitrogens with zero attached hydrogens (tertiary/aromatic N) is 2. The van der Waals surface area contributed by atoms with Crippen LogP contribution in [-0.4, -0.2) is 69.3 Å². The Labute approximate surface area is 140 Å². The van der Waals surface area contributed by atoms with E-state index in [1.807, 2.05) is 0 Å². The van der Waals surface area contributed by atoms with Crippen molar-refractivity contribution in [2.75, 3.05) is 19.3 Å². The zero-order valence-corrected chi connectivity index (χ0v) is 14.9. The first-order chi connectivity index (χ1) is 10.6. The Morgan fingerprint density at radius 1 is 1.52 bits per heavy atom. The number of thioether (sulfide) groups is 1. The van der Waals surface area contributed by atoms with Crippen LogP contribution in [0.1, 0.15) is 27.7 Å². The number of carbonyl (C=O) groups excluding carboxylic acids is 1. The molecular formula is C14H25N3O5S. The number of rotatable bonds is 7. The molecule has 3 N–H and O–H groups in total. The number of urea groups is 1. The lowest BCUT2D eigenvalue weighted by Crippen LogP contribution is -2.50. The molecule has 0 aromatic rings. The summed E-state index contributed by atoms with van der Waals surface area (Å²) in [6, 6.07) is -1.50. The van der Waals surface area contributed by atoms with Gasteiger partial charge in [-0.3, -0.25) is 10.2 Å². The summed E-state index contributed by atoms with van der Waals surface area (Å²) in [5.41, 5.74) is -0.869. The lowest BCUT2D eigenvalue weighted by molar-refractivity contribution is -0.289. The molecule has 8 nitrogen and oxygen atoms in total. The molecule has 23 heavy (non-hydrogen) atoms. The Kier molecular flexibility index (Phi) is 6.84. The van der Waals surface area contributed by atoms with Crippen LogP contribution in [0.25, 0.3) is 0 Å². The van der Waals surface area contributed by atoms with Crippen molar-refractivity contribution in [3.05, 3.63) is 0 Å². The Balaban J connectivity index is 2.61. The molecule has 0 aromatic heterocycles. The largest absolute Gasteiger partial charge is 0.480 e. The highest BCUT2D eigenvalue weighted by Crippen LogP contribution is 2.28. The number of aliphatic carboxylic acids is 1. The number of aliphatic imine (C=N–C) groups is 1. The molecule has 0 saturated carbocycles. The summed E-state index contributed by atoms with van der Waals surface area (Å²) in [5, 5.41) is 21.2. The molecule has 0 radical (unpaired) electrons. The molecule has 1 heterocycles. The molecule has 2 amide bonds. The minimum Gasteiger partial charge on any atom is -0.480 e. The van der Waals surface area contributed by atoms with Crippen molar-refractivity contribution in [1.29, 1.82) is 0 Å². The summed E-state index contributed by atoms with van der Waals surface area (Å²) < 4.78 is 0. The first kappa shape index (κ1) is 19.7. The molecule has 0 spiro atoms. The van der Waals surface area contributed by atoms with Crippen molar-refractivity contribution in [2.24, 2.45) is 10.9 Å². The number of likely N-dealkylation sites (N-methyl/N-ethyl adjacent to an activating group) is 1. The van der Waals surface area contributed by atoms with Crippen LogP contribution in [0, 0.1) is 5.92 Å². The van der Waals surface area contributed by atoms with Gasteiger partial charge in [-0.15, -0.1) is 11.8 Å². The summed E-state index contributed by atoms with van der Waals surface area (Å²) in [6.45, 7) is 7.24. The Morgan fingerprint density at radius 3 is 2.61 bits per heavy atom. The van der Waals surface area contributed by atoms with Gasteiger partial charge in [0.2, 0.25) is 0 Å². The van der Waals surface area contributed by atoms with Crippen LogP contribution in [0.2, 0.25) is 0 Å². The van der Waals surface area contributed by atoms with Crippen LogP contribution in [0.15, 0.2) is 4.99 Å². The average Bonchev–Trinajstić information content (AvgIpc) is 2.92. The zero-order chi connectivity index (χ0) is 17.8. The first-order valence-electron chi connectivity index (χ1n) is 7.36. The third-order valence-electron chi connectivity index (χ3n) is 3.50. The van der Waals surface area contributed by atoms with Crippen molar-refractivity contribution in [3.8, 4) is 0 Å². The van der Waals surface area contributed by atoms with Crippen LogP contribution >= 0.6 is 11.8 Å². The van der Waals surface area contributed by atoms with E-state index in [9.17, 15) is 9.59 Å². The molecule has 1 aliphatic heterocycles. The standard InChI is InChI=1S/C14H25N3O5S/c1-8(2)10(11(18)19)16-13(20)17(5)6-9-7-23-12(15-9)14(3,4)22-21/h8-10,21H,6-7H2,1-5H3,(H,16,20)(H,18,19)/t9?,10-/m0/s1. The Morgan fingerprint density at radius 2 is 2.13 bits per heavy atom. The van der Waals surface area contributed by atoms with Gasteiger partial charge in [0, 0.05) is 19.3 Å². The highest BCUT2D eigenvalue weighted by atomic mass is 32.2. The van der Waals surface area contributed by atoms with Gasteiger partial charge in [-0.1, -0.05) is 13.8 Å². The number of carboxylic acids is 1. The molecule has 0 aliphatic carbocycles. The highest BCUT2D eigenvalue weighted by molar-refractivity contribution is 8.14. The topological polar surface area (TPSA) is 111 Å². The average molecular weight is 347 g/mol. The summed E-state index contributed by atoms with van der Waals surface area (Å²) in [7, 11) is 1.60. The quantitative estimate of drug-likeness (QED) is 0.475. The van der Waals surface area contributed by atoms with Crippen LogP contribution in [0.5, 0.6) is 0 Å². The van der Waals surface area contributed by atoms with Crippen LogP contribution in [0.3, 0.4) is 0 Å². The van der Waals surface area contributed by atoms with Crippen molar-refractivity contribution >= 4 is 28.8 Å². The van der Waals surface area contributed by atoms with Gasteiger partial charge in [0.05, 0.1) is 6.04 Å². The van der Waals surface area contributed by atoms with Gasteiger partial charge in [-0.05, 0) is 19.8 Å². The van der Waals surface area contributed by atoms with Crippen molar-refractivity contribution < 1.29 is 24.8 Å². The highest BCUT2D eigenvalue weighted by Gasteiger charge is 2.33. The maximum absolute atomic E-state index is 12.1. The summed E-state index contributed by atoms with van der Waals surface area (Å²) >= 11 is 1.47. The molecule has 1 aliphatic rings. The monoisotopic (exact) mass is 347 g/mol. The number of carbonyl (C=O) groups is 2. The van der Waals surface area contributed by atoms with E-state index in [0.29, 0.717) is 17.3 Å². The molecule has 1 unspecified atom stereocenters.